The van der Waals surface area contributed by atoms with E-state index in [4.69, 9.17) is 21.7 Å². The second kappa shape index (κ2) is 9.44. The molecule has 11 heteroatoms. The number of amidine groups is 2. The monoisotopic (exact) mass is 510 g/mol. The fourth-order valence-corrected chi connectivity index (χ4v) is 5.32. The van der Waals surface area contributed by atoms with Gasteiger partial charge in [-0.2, -0.15) is 15.1 Å². The first kappa shape index (κ1) is 23.5. The molecule has 1 aromatic heterocycles. The Bertz CT molecular complexity index is 1340. The Morgan fingerprint density at radius 3 is 2.77 bits per heavy atom. The number of carbonyl (C=O) groups is 2. The first-order valence-electron chi connectivity index (χ1n) is 11.1. The third kappa shape index (κ3) is 4.56. The lowest BCUT2D eigenvalue weighted by Crippen LogP contribution is -2.41. The Morgan fingerprint density at radius 1 is 1.26 bits per heavy atom. The maximum absolute atomic E-state index is 12.8. The van der Waals surface area contributed by atoms with Gasteiger partial charge in [-0.15, -0.1) is 0 Å². The quantitative estimate of drug-likeness (QED) is 0.633. The van der Waals surface area contributed by atoms with Gasteiger partial charge in [0.2, 0.25) is 11.1 Å². The number of thioether (sulfide) groups is 1. The summed E-state index contributed by atoms with van der Waals surface area (Å²) in [6, 6.07) is 9.49. The van der Waals surface area contributed by atoms with Crippen molar-refractivity contribution >= 4 is 57.3 Å². The molecule has 0 atom stereocenters. The van der Waals surface area contributed by atoms with E-state index in [0.29, 0.717) is 41.5 Å². The minimum Gasteiger partial charge on any atom is -0.378 e. The molecule has 1 N–H and O–H groups in total. The van der Waals surface area contributed by atoms with Gasteiger partial charge in [-0.3, -0.25) is 15.0 Å². The van der Waals surface area contributed by atoms with Crippen LogP contribution in [0.2, 0.25) is 5.02 Å². The molecule has 0 aliphatic carbocycles. The summed E-state index contributed by atoms with van der Waals surface area (Å²) in [7, 11) is 0. The highest BCUT2D eigenvalue weighted by Gasteiger charge is 2.36. The first-order chi connectivity index (χ1) is 16.8. The van der Waals surface area contributed by atoms with Gasteiger partial charge in [0.15, 0.2) is 5.84 Å². The van der Waals surface area contributed by atoms with Crippen molar-refractivity contribution in [3.63, 3.8) is 0 Å². The first-order valence-corrected chi connectivity index (χ1v) is 12.3. The molecule has 1 fully saturated rings. The minimum atomic E-state index is -0.503. The average Bonchev–Trinajstić information content (AvgIpc) is 3.36. The summed E-state index contributed by atoms with van der Waals surface area (Å²) in [5, 5.41) is 15.8. The Balaban J connectivity index is 1.40. The predicted molar refractivity (Wildman–Crippen MR) is 137 cm³/mol. The summed E-state index contributed by atoms with van der Waals surface area (Å²) < 4.78 is 7.34. The number of hydrazone groups is 1. The van der Waals surface area contributed by atoms with Crippen molar-refractivity contribution in [2.24, 2.45) is 10.1 Å². The van der Waals surface area contributed by atoms with Crippen molar-refractivity contribution in [2.75, 3.05) is 26.3 Å². The fraction of sp³-hybridized carbons (Fsp3) is 0.292. The second-order valence-corrected chi connectivity index (χ2v) is 9.80. The van der Waals surface area contributed by atoms with Crippen molar-refractivity contribution in [1.82, 2.24) is 14.5 Å². The second-order valence-electron chi connectivity index (χ2n) is 8.33. The van der Waals surface area contributed by atoms with Crippen LogP contribution < -0.4 is 0 Å². The molecule has 0 saturated carbocycles. The highest BCUT2D eigenvalue weighted by Crippen LogP contribution is 2.31. The fourth-order valence-electron chi connectivity index (χ4n) is 4.26. The Kier molecular flexibility index (Phi) is 6.35. The van der Waals surface area contributed by atoms with Crippen LogP contribution in [0.3, 0.4) is 0 Å². The molecule has 1 aromatic carbocycles. The summed E-state index contributed by atoms with van der Waals surface area (Å²) in [4.78, 5) is 31.3. The molecule has 2 amide bonds. The third-order valence-electron chi connectivity index (χ3n) is 6.00. The van der Waals surface area contributed by atoms with E-state index in [0.717, 1.165) is 34.4 Å². The van der Waals surface area contributed by atoms with Crippen molar-refractivity contribution < 1.29 is 14.3 Å². The maximum Gasteiger partial charge on any atom is 0.283 e. The number of aromatic nitrogens is 1. The van der Waals surface area contributed by atoms with Crippen LogP contribution in [0.25, 0.3) is 11.8 Å². The topological polar surface area (TPSA) is 103 Å². The number of nitrogens with zero attached hydrogens (tertiary/aromatic N) is 5. The number of carbonyl (C=O) groups excluding carboxylic acids is 2. The van der Waals surface area contributed by atoms with E-state index in [-0.39, 0.29) is 23.7 Å². The van der Waals surface area contributed by atoms with E-state index in [1.807, 2.05) is 48.7 Å². The molecule has 9 nitrogen and oxygen atoms in total. The largest absolute Gasteiger partial charge is 0.378 e. The normalized spacial score (nSPS) is 19.2. The SMILES string of the molecule is Cc1cc(/C=C2/C(=N)N3N=C(CC(=O)N4CCOCC4)SC3=NC2=O)c(C)n1-c1cccc(Cl)c1. The predicted octanol–water partition coefficient (Wildman–Crippen LogP) is 3.62. The number of nitrogens with one attached hydrogen (secondary N) is 1. The highest BCUT2D eigenvalue weighted by molar-refractivity contribution is 8.27. The molecule has 35 heavy (non-hydrogen) atoms. The molecule has 0 bridgehead atoms. The van der Waals surface area contributed by atoms with Gasteiger partial charge in [0.05, 0.1) is 25.2 Å². The number of amides is 2. The number of morpholine rings is 1. The average molecular weight is 511 g/mol. The number of rotatable bonds is 4. The molecule has 3 aliphatic heterocycles. The molecule has 0 unspecified atom stereocenters. The van der Waals surface area contributed by atoms with Crippen LogP contribution in [0.1, 0.15) is 23.4 Å². The summed E-state index contributed by atoms with van der Waals surface area (Å²) in [6.07, 6.45) is 1.77. The Morgan fingerprint density at radius 2 is 2.03 bits per heavy atom. The van der Waals surface area contributed by atoms with Gasteiger partial charge in [-0.05, 0) is 61.5 Å². The molecular formula is C24H23ClN6O3S. The van der Waals surface area contributed by atoms with Gasteiger partial charge in [0.25, 0.3) is 5.91 Å². The van der Waals surface area contributed by atoms with Crippen LogP contribution in [-0.2, 0) is 14.3 Å². The summed E-state index contributed by atoms with van der Waals surface area (Å²) in [5.41, 5.74) is 3.73. The number of ether oxygens (including phenoxy) is 1. The van der Waals surface area contributed by atoms with Crippen molar-refractivity contribution in [1.29, 1.82) is 5.41 Å². The maximum atomic E-state index is 12.8. The van der Waals surface area contributed by atoms with Crippen LogP contribution >= 0.6 is 23.4 Å². The van der Waals surface area contributed by atoms with Crippen LogP contribution in [0.5, 0.6) is 0 Å². The zero-order valence-corrected chi connectivity index (χ0v) is 20.8. The lowest BCUT2D eigenvalue weighted by atomic mass is 10.1. The summed E-state index contributed by atoms with van der Waals surface area (Å²) >= 11 is 7.33. The van der Waals surface area contributed by atoms with Crippen molar-refractivity contribution in [2.45, 2.75) is 20.3 Å². The van der Waals surface area contributed by atoms with E-state index in [2.05, 4.69) is 10.1 Å². The van der Waals surface area contributed by atoms with Gasteiger partial charge in [-0.1, -0.05) is 17.7 Å². The molecule has 0 radical (unpaired) electrons. The van der Waals surface area contributed by atoms with Crippen LogP contribution in [0.4, 0.5) is 0 Å². The van der Waals surface area contributed by atoms with Gasteiger partial charge >= 0.3 is 0 Å². The molecule has 180 valence electrons. The van der Waals surface area contributed by atoms with E-state index in [1.54, 1.807) is 11.0 Å². The number of benzene rings is 1. The molecule has 3 aliphatic rings. The van der Waals surface area contributed by atoms with E-state index in [9.17, 15) is 9.59 Å². The van der Waals surface area contributed by atoms with Gasteiger partial charge in [0, 0.05) is 35.2 Å². The van der Waals surface area contributed by atoms with Crippen LogP contribution in [0, 0.1) is 19.3 Å². The zero-order chi connectivity index (χ0) is 24.7. The van der Waals surface area contributed by atoms with E-state index >= 15 is 0 Å². The summed E-state index contributed by atoms with van der Waals surface area (Å²) in [6.45, 7) is 6.07. The van der Waals surface area contributed by atoms with Crippen molar-refractivity contribution in [3.05, 3.63) is 57.9 Å². The molecule has 4 heterocycles. The molecular weight excluding hydrogens is 488 g/mol. The van der Waals surface area contributed by atoms with Gasteiger partial charge in [0.1, 0.15) is 5.04 Å². The molecule has 5 rings (SSSR count). The third-order valence-corrected chi connectivity index (χ3v) is 7.14. The highest BCUT2D eigenvalue weighted by atomic mass is 35.5. The summed E-state index contributed by atoms with van der Waals surface area (Å²) in [5.74, 6) is -0.617. The lowest BCUT2D eigenvalue weighted by Gasteiger charge is -2.26. The molecule has 1 saturated heterocycles. The van der Waals surface area contributed by atoms with Gasteiger partial charge in [-0.25, -0.2) is 0 Å². The van der Waals surface area contributed by atoms with Gasteiger partial charge < -0.3 is 14.2 Å². The minimum absolute atomic E-state index is 0.0536. The Hall–Kier alpha value is -3.21. The number of hydrogen-bond donors (Lipinski definition) is 1. The standard InChI is InChI=1S/C24H23ClN6O3S/c1-14-10-16(15(2)30(14)18-5-3-4-17(25)12-18)11-19-22(26)31-24(27-23(19)33)35-20(28-31)13-21(32)29-6-8-34-9-7-29/h3-5,10-12,26H,6-9,13H2,1-2H3/b19-11-,26-22?. The number of aliphatic imine (C=N–C) groups is 1. The van der Waals surface area contributed by atoms with E-state index < -0.39 is 5.91 Å². The number of aryl methyl sites for hydroxylation is 1. The zero-order valence-electron chi connectivity index (χ0n) is 19.2. The van der Waals surface area contributed by atoms with Crippen LogP contribution in [0.15, 0.2) is 46.0 Å². The number of halogens is 1. The lowest BCUT2D eigenvalue weighted by molar-refractivity contribution is -0.133. The van der Waals surface area contributed by atoms with E-state index in [1.165, 1.54) is 5.01 Å². The molecule has 0 spiro atoms. The Labute approximate surface area is 211 Å². The number of fused-ring (bicyclic) bond motifs is 1. The van der Waals surface area contributed by atoms with Crippen LogP contribution in [-0.4, -0.2) is 68.6 Å². The molecule has 2 aromatic rings. The number of hydrogen-bond acceptors (Lipinski definition) is 6. The smallest absolute Gasteiger partial charge is 0.283 e. The van der Waals surface area contributed by atoms with Crippen molar-refractivity contribution in [3.8, 4) is 5.69 Å².